The number of hydrogen-bond donors (Lipinski definition) is 1. The highest BCUT2D eigenvalue weighted by Crippen LogP contribution is 2.13. The van der Waals surface area contributed by atoms with E-state index < -0.39 is 0 Å². The molecule has 0 aliphatic heterocycles. The zero-order chi connectivity index (χ0) is 13.7. The van der Waals surface area contributed by atoms with Crippen LogP contribution in [0.15, 0.2) is 42.6 Å². The summed E-state index contributed by atoms with van der Waals surface area (Å²) in [6.07, 6.45) is 1.90. The average molecular weight is 255 g/mol. The third kappa shape index (κ3) is 4.38. The number of nitrogens with zero attached hydrogens (tertiary/aromatic N) is 2. The topological polar surface area (TPSA) is 28.2 Å². The first-order valence-corrected chi connectivity index (χ1v) is 6.52. The van der Waals surface area contributed by atoms with Gasteiger partial charge in [-0.1, -0.05) is 18.2 Å². The molecule has 0 fully saturated rings. The molecule has 1 N–H and O–H groups in total. The number of aryl methyl sites for hydroxylation is 1. The molecule has 0 spiro atoms. The van der Waals surface area contributed by atoms with Gasteiger partial charge in [-0.25, -0.2) is 0 Å². The van der Waals surface area contributed by atoms with Gasteiger partial charge in [0, 0.05) is 18.4 Å². The van der Waals surface area contributed by atoms with Gasteiger partial charge >= 0.3 is 0 Å². The zero-order valence-corrected chi connectivity index (χ0v) is 11.9. The van der Waals surface area contributed by atoms with Crippen molar-refractivity contribution in [3.05, 3.63) is 59.4 Å². The molecule has 2 rings (SSSR count). The second-order valence-electron chi connectivity index (χ2n) is 5.12. The van der Waals surface area contributed by atoms with Crippen LogP contribution in [0.2, 0.25) is 0 Å². The molecule has 0 atom stereocenters. The van der Waals surface area contributed by atoms with Crippen molar-refractivity contribution in [2.75, 3.05) is 19.4 Å². The van der Waals surface area contributed by atoms with Crippen LogP contribution in [0.4, 0.5) is 5.69 Å². The van der Waals surface area contributed by atoms with Gasteiger partial charge in [-0.3, -0.25) is 4.98 Å². The van der Waals surface area contributed by atoms with Crippen LogP contribution in [0.25, 0.3) is 0 Å². The van der Waals surface area contributed by atoms with Crippen molar-refractivity contribution in [2.45, 2.75) is 20.0 Å². The molecule has 0 radical (unpaired) electrons. The fraction of sp³-hybridized carbons (Fsp3) is 0.312. The van der Waals surface area contributed by atoms with Crippen molar-refractivity contribution in [3.8, 4) is 0 Å². The van der Waals surface area contributed by atoms with Crippen LogP contribution in [-0.4, -0.2) is 24.0 Å². The highest BCUT2D eigenvalue weighted by Gasteiger charge is 1.99. The van der Waals surface area contributed by atoms with E-state index in [-0.39, 0.29) is 0 Å². The van der Waals surface area contributed by atoms with E-state index in [0.29, 0.717) is 0 Å². The van der Waals surface area contributed by atoms with Crippen molar-refractivity contribution in [2.24, 2.45) is 0 Å². The van der Waals surface area contributed by atoms with E-state index in [1.54, 1.807) is 0 Å². The van der Waals surface area contributed by atoms with Gasteiger partial charge in [0.25, 0.3) is 0 Å². The maximum absolute atomic E-state index is 4.39. The molecule has 3 heteroatoms. The molecule has 2 aromatic rings. The molecule has 19 heavy (non-hydrogen) atoms. The highest BCUT2D eigenvalue weighted by molar-refractivity contribution is 5.46. The summed E-state index contributed by atoms with van der Waals surface area (Å²) in [6.45, 7) is 3.76. The summed E-state index contributed by atoms with van der Waals surface area (Å²) in [4.78, 5) is 6.56. The molecule has 3 nitrogen and oxygen atoms in total. The molecule has 0 amide bonds. The average Bonchev–Trinajstić information content (AvgIpc) is 2.38. The first-order chi connectivity index (χ1) is 9.13. The third-order valence-electron chi connectivity index (χ3n) is 2.87. The van der Waals surface area contributed by atoms with Crippen LogP contribution in [0.3, 0.4) is 0 Å². The van der Waals surface area contributed by atoms with E-state index in [1.807, 2.05) is 6.20 Å². The third-order valence-corrected chi connectivity index (χ3v) is 2.87. The fourth-order valence-corrected chi connectivity index (χ4v) is 1.94. The van der Waals surface area contributed by atoms with Crippen molar-refractivity contribution < 1.29 is 0 Å². The normalized spacial score (nSPS) is 10.7. The van der Waals surface area contributed by atoms with Gasteiger partial charge in [0.05, 0.1) is 12.2 Å². The van der Waals surface area contributed by atoms with Gasteiger partial charge in [0.15, 0.2) is 0 Å². The lowest BCUT2D eigenvalue weighted by Gasteiger charge is -2.12. The summed E-state index contributed by atoms with van der Waals surface area (Å²) < 4.78 is 0. The summed E-state index contributed by atoms with van der Waals surface area (Å²) in [5.74, 6) is 0. The minimum atomic E-state index is 0.756. The number of benzene rings is 1. The lowest BCUT2D eigenvalue weighted by atomic mass is 10.2. The van der Waals surface area contributed by atoms with Crippen LogP contribution >= 0.6 is 0 Å². The Hall–Kier alpha value is -1.87. The molecule has 1 aromatic carbocycles. The second-order valence-corrected chi connectivity index (χ2v) is 5.12. The van der Waals surface area contributed by atoms with Crippen molar-refractivity contribution in [1.82, 2.24) is 9.88 Å². The monoisotopic (exact) mass is 255 g/mol. The molecule has 0 aliphatic carbocycles. The number of hydrogen-bond acceptors (Lipinski definition) is 3. The Morgan fingerprint density at radius 3 is 2.68 bits per heavy atom. The Bertz CT molecular complexity index is 518. The smallest absolute Gasteiger partial charge is 0.0594 e. The van der Waals surface area contributed by atoms with Gasteiger partial charge in [-0.2, -0.15) is 0 Å². The van der Waals surface area contributed by atoms with E-state index >= 15 is 0 Å². The predicted molar refractivity (Wildman–Crippen MR) is 80.1 cm³/mol. The molecule has 0 bridgehead atoms. The van der Waals surface area contributed by atoms with Crippen LogP contribution in [0.5, 0.6) is 0 Å². The van der Waals surface area contributed by atoms with Crippen molar-refractivity contribution in [3.63, 3.8) is 0 Å². The molecule has 100 valence electrons. The largest absolute Gasteiger partial charge is 0.379 e. The number of pyridine rings is 1. The molecule has 1 heterocycles. The van der Waals surface area contributed by atoms with Gasteiger partial charge in [0.2, 0.25) is 0 Å². The molecular weight excluding hydrogens is 234 g/mol. The molecule has 1 aromatic heterocycles. The summed E-state index contributed by atoms with van der Waals surface area (Å²) in [7, 11) is 4.16. The summed E-state index contributed by atoms with van der Waals surface area (Å²) in [5, 5.41) is 3.41. The lowest BCUT2D eigenvalue weighted by Crippen LogP contribution is -2.10. The number of anilines is 1. The molecular formula is C16H21N3. The fourth-order valence-electron chi connectivity index (χ4n) is 1.94. The van der Waals surface area contributed by atoms with E-state index in [4.69, 9.17) is 0 Å². The quantitative estimate of drug-likeness (QED) is 0.890. The molecule has 0 saturated heterocycles. The summed E-state index contributed by atoms with van der Waals surface area (Å²) >= 11 is 0. The maximum Gasteiger partial charge on any atom is 0.0594 e. The van der Waals surface area contributed by atoms with E-state index in [2.05, 4.69) is 72.6 Å². The first-order valence-electron chi connectivity index (χ1n) is 6.52. The van der Waals surface area contributed by atoms with Gasteiger partial charge < -0.3 is 10.2 Å². The van der Waals surface area contributed by atoms with Crippen LogP contribution in [0, 0.1) is 6.92 Å². The minimum absolute atomic E-state index is 0.756. The standard InChI is InChI=1S/C16H21N3/c1-13-7-8-16(17-10-13)11-18-15-6-4-5-14(9-15)12-19(2)3/h4-10,18H,11-12H2,1-3H3. The number of aromatic nitrogens is 1. The van der Waals surface area contributed by atoms with E-state index in [0.717, 1.165) is 24.5 Å². The Balaban J connectivity index is 1.97. The molecule has 0 unspecified atom stereocenters. The lowest BCUT2D eigenvalue weighted by molar-refractivity contribution is 0.402. The maximum atomic E-state index is 4.39. The summed E-state index contributed by atoms with van der Waals surface area (Å²) in [5.41, 5.74) is 4.70. The Morgan fingerprint density at radius 2 is 2.00 bits per heavy atom. The summed E-state index contributed by atoms with van der Waals surface area (Å²) in [6, 6.07) is 12.7. The number of nitrogens with one attached hydrogen (secondary N) is 1. The minimum Gasteiger partial charge on any atom is -0.379 e. The Labute approximate surface area is 115 Å². The van der Waals surface area contributed by atoms with Crippen LogP contribution < -0.4 is 5.32 Å². The molecule has 0 aliphatic rings. The van der Waals surface area contributed by atoms with Crippen LogP contribution in [-0.2, 0) is 13.1 Å². The Kier molecular flexibility index (Phi) is 4.53. The number of rotatable bonds is 5. The van der Waals surface area contributed by atoms with Gasteiger partial charge in [-0.05, 0) is 50.3 Å². The van der Waals surface area contributed by atoms with Gasteiger partial charge in [0.1, 0.15) is 0 Å². The van der Waals surface area contributed by atoms with Crippen molar-refractivity contribution in [1.29, 1.82) is 0 Å². The molecule has 0 saturated carbocycles. The highest BCUT2D eigenvalue weighted by atomic mass is 15.0. The SMILES string of the molecule is Cc1ccc(CNc2cccc(CN(C)C)c2)nc1. The van der Waals surface area contributed by atoms with E-state index in [1.165, 1.54) is 11.1 Å². The van der Waals surface area contributed by atoms with Crippen molar-refractivity contribution >= 4 is 5.69 Å². The predicted octanol–water partition coefficient (Wildman–Crippen LogP) is 3.06. The Morgan fingerprint density at radius 1 is 1.16 bits per heavy atom. The van der Waals surface area contributed by atoms with E-state index in [9.17, 15) is 0 Å². The second kappa shape index (κ2) is 6.34. The van der Waals surface area contributed by atoms with Gasteiger partial charge in [-0.15, -0.1) is 0 Å². The first kappa shape index (κ1) is 13.6. The van der Waals surface area contributed by atoms with Crippen LogP contribution in [0.1, 0.15) is 16.8 Å². The zero-order valence-electron chi connectivity index (χ0n) is 11.9.